The van der Waals surface area contributed by atoms with E-state index in [2.05, 4.69) is 14.9 Å². The number of anilines is 1. The van der Waals surface area contributed by atoms with Crippen molar-refractivity contribution in [1.29, 1.82) is 0 Å². The van der Waals surface area contributed by atoms with Gasteiger partial charge < -0.3 is 4.90 Å². The Morgan fingerprint density at radius 2 is 2.00 bits per heavy atom. The maximum Gasteiger partial charge on any atom is 0.135 e. The molecule has 19 heavy (non-hydrogen) atoms. The number of hydrogen-bond acceptors (Lipinski definition) is 3. The zero-order valence-electron chi connectivity index (χ0n) is 11.4. The van der Waals surface area contributed by atoms with Crippen LogP contribution in [0.4, 0.5) is 5.82 Å². The average molecular weight is 280 g/mol. The van der Waals surface area contributed by atoms with Gasteiger partial charge in [0.2, 0.25) is 0 Å². The zero-order valence-corrected chi connectivity index (χ0v) is 12.2. The molecule has 1 aromatic heterocycles. The maximum absolute atomic E-state index is 6.20. The molecule has 0 N–H and O–H groups in total. The Morgan fingerprint density at radius 1 is 1.11 bits per heavy atom. The first-order chi connectivity index (χ1) is 9.40. The van der Waals surface area contributed by atoms with Crippen molar-refractivity contribution in [2.24, 2.45) is 0 Å². The second-order valence-electron chi connectivity index (χ2n) is 5.68. The molecule has 0 radical (unpaired) electrons. The first-order valence-electron chi connectivity index (χ1n) is 7.55. The standard InChI is InChI=1S/C15H22ClN3/c16-10-12-6-2-1-5-9-19(12)15-13-7-3-4-8-14(13)17-11-18-15/h11-12H,1-10H2. The van der Waals surface area contributed by atoms with Crippen LogP contribution in [-0.4, -0.2) is 28.4 Å². The van der Waals surface area contributed by atoms with Crippen molar-refractivity contribution in [3.8, 4) is 0 Å². The molecule has 2 heterocycles. The molecule has 0 amide bonds. The smallest absolute Gasteiger partial charge is 0.135 e. The summed E-state index contributed by atoms with van der Waals surface area (Å²) in [6, 6.07) is 0.449. The fraction of sp³-hybridized carbons (Fsp3) is 0.733. The molecule has 1 atom stereocenters. The Hall–Kier alpha value is -0.830. The van der Waals surface area contributed by atoms with Gasteiger partial charge >= 0.3 is 0 Å². The highest BCUT2D eigenvalue weighted by molar-refractivity contribution is 6.18. The van der Waals surface area contributed by atoms with Gasteiger partial charge in [-0.1, -0.05) is 12.8 Å². The molecule has 2 aliphatic rings. The third-order valence-corrected chi connectivity index (χ3v) is 4.79. The van der Waals surface area contributed by atoms with E-state index in [0.717, 1.165) is 19.4 Å². The zero-order chi connectivity index (χ0) is 13.1. The van der Waals surface area contributed by atoms with Crippen LogP contribution in [0.3, 0.4) is 0 Å². The topological polar surface area (TPSA) is 29.0 Å². The van der Waals surface area contributed by atoms with Gasteiger partial charge in [0.05, 0.1) is 0 Å². The lowest BCUT2D eigenvalue weighted by Crippen LogP contribution is -2.38. The van der Waals surface area contributed by atoms with E-state index >= 15 is 0 Å². The summed E-state index contributed by atoms with van der Waals surface area (Å²) >= 11 is 6.20. The summed E-state index contributed by atoms with van der Waals surface area (Å²) in [5.41, 5.74) is 2.67. The molecule has 0 spiro atoms. The van der Waals surface area contributed by atoms with Gasteiger partial charge in [-0.3, -0.25) is 0 Å². The summed E-state index contributed by atoms with van der Waals surface area (Å²) in [6.07, 6.45) is 11.6. The molecule has 1 aliphatic heterocycles. The van der Waals surface area contributed by atoms with Crippen LogP contribution in [0.5, 0.6) is 0 Å². The van der Waals surface area contributed by atoms with Crippen LogP contribution in [-0.2, 0) is 12.8 Å². The highest BCUT2D eigenvalue weighted by atomic mass is 35.5. The molecule has 0 aromatic carbocycles. The largest absolute Gasteiger partial charge is 0.352 e. The minimum atomic E-state index is 0.449. The van der Waals surface area contributed by atoms with Crippen molar-refractivity contribution in [3.05, 3.63) is 17.6 Å². The molecular weight excluding hydrogens is 258 g/mol. The lowest BCUT2D eigenvalue weighted by molar-refractivity contribution is 0.601. The van der Waals surface area contributed by atoms with Crippen molar-refractivity contribution in [3.63, 3.8) is 0 Å². The minimum Gasteiger partial charge on any atom is -0.352 e. The van der Waals surface area contributed by atoms with E-state index in [4.69, 9.17) is 11.6 Å². The van der Waals surface area contributed by atoms with E-state index in [1.165, 1.54) is 55.6 Å². The van der Waals surface area contributed by atoms with Crippen LogP contribution >= 0.6 is 11.6 Å². The predicted octanol–water partition coefficient (Wildman–Crippen LogP) is 3.34. The highest BCUT2D eigenvalue weighted by Gasteiger charge is 2.25. The summed E-state index contributed by atoms with van der Waals surface area (Å²) in [5.74, 6) is 1.89. The van der Waals surface area contributed by atoms with Crippen molar-refractivity contribution in [2.75, 3.05) is 17.3 Å². The van der Waals surface area contributed by atoms with Crippen molar-refractivity contribution < 1.29 is 0 Å². The Kier molecular flexibility index (Phi) is 4.21. The number of hydrogen-bond donors (Lipinski definition) is 0. The van der Waals surface area contributed by atoms with Crippen molar-refractivity contribution >= 4 is 17.4 Å². The SMILES string of the molecule is ClCC1CCCCCN1c1ncnc2c1CCCC2. The first-order valence-corrected chi connectivity index (χ1v) is 8.09. The van der Waals surface area contributed by atoms with Gasteiger partial charge in [-0.15, -0.1) is 11.6 Å². The van der Waals surface area contributed by atoms with E-state index in [0.29, 0.717) is 11.9 Å². The quantitative estimate of drug-likeness (QED) is 0.778. The average Bonchev–Trinajstić information content (AvgIpc) is 2.71. The van der Waals surface area contributed by atoms with Gasteiger partial charge in [0.1, 0.15) is 12.1 Å². The molecule has 1 fully saturated rings. The fourth-order valence-electron chi connectivity index (χ4n) is 3.37. The summed E-state index contributed by atoms with van der Waals surface area (Å²) in [4.78, 5) is 11.6. The Labute approximate surface area is 120 Å². The van der Waals surface area contributed by atoms with E-state index in [1.54, 1.807) is 6.33 Å². The summed E-state index contributed by atoms with van der Waals surface area (Å²) in [5, 5.41) is 0. The van der Waals surface area contributed by atoms with Gasteiger partial charge in [-0.2, -0.15) is 0 Å². The number of rotatable bonds is 2. The minimum absolute atomic E-state index is 0.449. The van der Waals surface area contributed by atoms with Crippen LogP contribution < -0.4 is 4.90 Å². The van der Waals surface area contributed by atoms with Gasteiger partial charge in [0.25, 0.3) is 0 Å². The molecule has 1 aromatic rings. The van der Waals surface area contributed by atoms with E-state index in [9.17, 15) is 0 Å². The van der Waals surface area contributed by atoms with Gasteiger partial charge in [-0.05, 0) is 38.5 Å². The second-order valence-corrected chi connectivity index (χ2v) is 5.99. The molecule has 0 bridgehead atoms. The summed E-state index contributed by atoms with van der Waals surface area (Å²) < 4.78 is 0. The third-order valence-electron chi connectivity index (χ3n) is 4.43. The van der Waals surface area contributed by atoms with Crippen LogP contribution in [0.1, 0.15) is 49.8 Å². The molecule has 1 saturated heterocycles. The molecule has 104 valence electrons. The molecule has 1 aliphatic carbocycles. The summed E-state index contributed by atoms with van der Waals surface area (Å²) in [7, 11) is 0. The molecular formula is C15H22ClN3. The van der Waals surface area contributed by atoms with Crippen LogP contribution in [0.25, 0.3) is 0 Å². The Morgan fingerprint density at radius 3 is 2.89 bits per heavy atom. The van der Waals surface area contributed by atoms with Crippen LogP contribution in [0.15, 0.2) is 6.33 Å². The molecule has 1 unspecified atom stereocenters. The second kappa shape index (κ2) is 6.08. The number of aromatic nitrogens is 2. The lowest BCUT2D eigenvalue weighted by atomic mass is 9.96. The van der Waals surface area contributed by atoms with E-state index in [-0.39, 0.29) is 0 Å². The Balaban J connectivity index is 1.95. The number of alkyl halides is 1. The number of fused-ring (bicyclic) bond motifs is 1. The number of nitrogens with zero attached hydrogens (tertiary/aromatic N) is 3. The maximum atomic E-state index is 6.20. The predicted molar refractivity (Wildman–Crippen MR) is 79.0 cm³/mol. The fourth-order valence-corrected chi connectivity index (χ4v) is 3.69. The van der Waals surface area contributed by atoms with Crippen molar-refractivity contribution in [1.82, 2.24) is 9.97 Å². The van der Waals surface area contributed by atoms with Crippen LogP contribution in [0, 0.1) is 0 Å². The molecule has 4 heteroatoms. The number of aryl methyl sites for hydroxylation is 1. The van der Waals surface area contributed by atoms with Gasteiger partial charge in [0, 0.05) is 29.7 Å². The Bertz CT molecular complexity index is 435. The normalized spacial score (nSPS) is 23.8. The number of halogens is 1. The van der Waals surface area contributed by atoms with Gasteiger partial charge in [-0.25, -0.2) is 9.97 Å². The van der Waals surface area contributed by atoms with Crippen LogP contribution in [0.2, 0.25) is 0 Å². The molecule has 3 rings (SSSR count). The lowest BCUT2D eigenvalue weighted by Gasteiger charge is -2.32. The third kappa shape index (κ3) is 2.71. The van der Waals surface area contributed by atoms with Gasteiger partial charge in [0.15, 0.2) is 0 Å². The summed E-state index contributed by atoms with van der Waals surface area (Å²) in [6.45, 7) is 1.10. The highest BCUT2D eigenvalue weighted by Crippen LogP contribution is 2.31. The van der Waals surface area contributed by atoms with Crippen molar-refractivity contribution in [2.45, 2.75) is 57.4 Å². The molecule has 0 saturated carbocycles. The van der Waals surface area contributed by atoms with E-state index < -0.39 is 0 Å². The first kappa shape index (κ1) is 13.2. The monoisotopic (exact) mass is 279 g/mol. The van der Waals surface area contributed by atoms with E-state index in [1.807, 2.05) is 0 Å². The molecule has 3 nitrogen and oxygen atoms in total.